The third-order valence-electron chi connectivity index (χ3n) is 3.85. The maximum absolute atomic E-state index is 3.34. The maximum atomic E-state index is 3.34. The first-order valence-electron chi connectivity index (χ1n) is 7.43. The summed E-state index contributed by atoms with van der Waals surface area (Å²) in [5, 5.41) is 3.34. The van der Waals surface area contributed by atoms with Crippen molar-refractivity contribution in [1.82, 2.24) is 20.0 Å². The Kier molecular flexibility index (Phi) is 7.82. The number of nitrogens with zero attached hydrogens (tertiary/aromatic N) is 3. The van der Waals surface area contributed by atoms with E-state index < -0.39 is 0 Å². The van der Waals surface area contributed by atoms with Crippen molar-refractivity contribution in [3.63, 3.8) is 0 Å². The van der Waals surface area contributed by atoms with Crippen molar-refractivity contribution < 1.29 is 0 Å². The number of nitrogens with one attached hydrogen (secondary N) is 1. The molecule has 108 valence electrons. The summed E-state index contributed by atoms with van der Waals surface area (Å²) in [5.74, 6) is 0. The fourth-order valence-corrected chi connectivity index (χ4v) is 2.68. The highest BCUT2D eigenvalue weighted by atomic mass is 15.3. The van der Waals surface area contributed by atoms with E-state index in [1.807, 2.05) is 0 Å². The summed E-state index contributed by atoms with van der Waals surface area (Å²) >= 11 is 0. The van der Waals surface area contributed by atoms with Crippen molar-refractivity contribution in [2.45, 2.75) is 25.8 Å². The van der Waals surface area contributed by atoms with E-state index in [9.17, 15) is 0 Å². The number of likely N-dealkylation sites (N-methyl/N-ethyl adjacent to an activating group) is 2. The Morgan fingerprint density at radius 2 is 1.83 bits per heavy atom. The first-order valence-corrected chi connectivity index (χ1v) is 7.43. The molecule has 1 aliphatic rings. The Balaban J connectivity index is 2.27. The van der Waals surface area contributed by atoms with E-state index in [0.717, 1.165) is 12.6 Å². The zero-order chi connectivity index (χ0) is 13.4. The van der Waals surface area contributed by atoms with E-state index in [0.29, 0.717) is 0 Å². The predicted octanol–water partition coefficient (Wildman–Crippen LogP) is 0.554. The van der Waals surface area contributed by atoms with Gasteiger partial charge in [-0.25, -0.2) is 0 Å². The Morgan fingerprint density at radius 1 is 1.17 bits per heavy atom. The third-order valence-corrected chi connectivity index (χ3v) is 3.85. The van der Waals surface area contributed by atoms with Crippen molar-refractivity contribution >= 4 is 0 Å². The van der Waals surface area contributed by atoms with Crippen LogP contribution in [0.15, 0.2) is 0 Å². The van der Waals surface area contributed by atoms with Gasteiger partial charge < -0.3 is 10.2 Å². The van der Waals surface area contributed by atoms with Crippen molar-refractivity contribution in [3.05, 3.63) is 0 Å². The van der Waals surface area contributed by atoms with Gasteiger partial charge in [0.05, 0.1) is 0 Å². The zero-order valence-electron chi connectivity index (χ0n) is 12.8. The van der Waals surface area contributed by atoms with Gasteiger partial charge in [0, 0.05) is 51.9 Å². The van der Waals surface area contributed by atoms with Gasteiger partial charge in [0.25, 0.3) is 0 Å². The maximum Gasteiger partial charge on any atom is 0.0221 e. The van der Waals surface area contributed by atoms with Gasteiger partial charge in [-0.2, -0.15) is 0 Å². The molecule has 0 radical (unpaired) electrons. The summed E-state index contributed by atoms with van der Waals surface area (Å²) in [6.45, 7) is 10.7. The summed E-state index contributed by atoms with van der Waals surface area (Å²) < 4.78 is 0. The molecule has 1 unspecified atom stereocenters. The van der Waals surface area contributed by atoms with Crippen LogP contribution < -0.4 is 5.32 Å². The van der Waals surface area contributed by atoms with Crippen molar-refractivity contribution in [2.75, 3.05) is 67.0 Å². The molecule has 1 aliphatic heterocycles. The highest BCUT2D eigenvalue weighted by Gasteiger charge is 2.22. The van der Waals surface area contributed by atoms with Crippen LogP contribution in [0.2, 0.25) is 0 Å². The predicted molar refractivity (Wildman–Crippen MR) is 79.2 cm³/mol. The van der Waals surface area contributed by atoms with Gasteiger partial charge in [0.15, 0.2) is 0 Å². The molecule has 1 fully saturated rings. The van der Waals surface area contributed by atoms with E-state index in [4.69, 9.17) is 0 Å². The number of rotatable bonds is 8. The van der Waals surface area contributed by atoms with Gasteiger partial charge in [0.1, 0.15) is 0 Å². The fraction of sp³-hybridized carbons (Fsp3) is 1.00. The molecule has 0 aromatic rings. The molecule has 0 aromatic heterocycles. The summed E-state index contributed by atoms with van der Waals surface area (Å²) in [6.07, 6.45) is 2.60. The highest BCUT2D eigenvalue weighted by Crippen LogP contribution is 2.10. The van der Waals surface area contributed by atoms with Gasteiger partial charge in [-0.05, 0) is 27.6 Å². The largest absolute Gasteiger partial charge is 0.318 e. The van der Waals surface area contributed by atoms with Gasteiger partial charge >= 0.3 is 0 Å². The lowest BCUT2D eigenvalue weighted by Gasteiger charge is -2.39. The highest BCUT2D eigenvalue weighted by molar-refractivity contribution is 4.79. The normalized spacial score (nSPS) is 20.5. The molecule has 0 amide bonds. The van der Waals surface area contributed by atoms with E-state index in [-0.39, 0.29) is 0 Å². The minimum Gasteiger partial charge on any atom is -0.318 e. The van der Waals surface area contributed by atoms with Crippen LogP contribution in [0.4, 0.5) is 0 Å². The molecule has 4 nitrogen and oxygen atoms in total. The number of hydrogen-bond donors (Lipinski definition) is 1. The Labute approximate surface area is 113 Å². The van der Waals surface area contributed by atoms with Crippen LogP contribution >= 0.6 is 0 Å². The van der Waals surface area contributed by atoms with Crippen LogP contribution in [0.3, 0.4) is 0 Å². The molecular formula is C14H32N4. The summed E-state index contributed by atoms with van der Waals surface area (Å²) in [4.78, 5) is 7.54. The van der Waals surface area contributed by atoms with Crippen LogP contribution in [0.5, 0.6) is 0 Å². The molecule has 1 heterocycles. The average molecular weight is 256 g/mol. The number of piperazine rings is 1. The number of hydrogen-bond acceptors (Lipinski definition) is 4. The summed E-state index contributed by atoms with van der Waals surface area (Å²) in [5.41, 5.74) is 0. The first kappa shape index (κ1) is 15.9. The molecule has 1 N–H and O–H groups in total. The van der Waals surface area contributed by atoms with Crippen LogP contribution in [-0.2, 0) is 0 Å². The van der Waals surface area contributed by atoms with E-state index in [1.54, 1.807) is 0 Å². The Hall–Kier alpha value is -0.160. The van der Waals surface area contributed by atoms with Gasteiger partial charge in [-0.15, -0.1) is 0 Å². The third kappa shape index (κ3) is 5.65. The molecule has 0 bridgehead atoms. The Bertz CT molecular complexity index is 194. The Morgan fingerprint density at radius 3 is 2.33 bits per heavy atom. The summed E-state index contributed by atoms with van der Waals surface area (Å²) in [7, 11) is 6.37. The minimum atomic E-state index is 0.732. The fourth-order valence-electron chi connectivity index (χ4n) is 2.68. The molecule has 1 atom stereocenters. The molecule has 18 heavy (non-hydrogen) atoms. The molecule has 0 spiro atoms. The van der Waals surface area contributed by atoms with Crippen LogP contribution in [-0.4, -0.2) is 87.7 Å². The minimum absolute atomic E-state index is 0.732. The van der Waals surface area contributed by atoms with Gasteiger partial charge in [0.2, 0.25) is 0 Å². The molecular weight excluding hydrogens is 224 g/mol. The lowest BCUT2D eigenvalue weighted by molar-refractivity contribution is 0.0878. The van der Waals surface area contributed by atoms with E-state index in [1.165, 1.54) is 52.1 Å². The monoisotopic (exact) mass is 256 g/mol. The first-order chi connectivity index (χ1) is 8.67. The second kappa shape index (κ2) is 8.86. The molecule has 0 aliphatic carbocycles. The SMILES string of the molecule is CCCC(CNC)N1CCN(CCN(C)C)CC1. The second-order valence-corrected chi connectivity index (χ2v) is 5.68. The van der Waals surface area contributed by atoms with E-state index >= 15 is 0 Å². The average Bonchev–Trinajstić information content (AvgIpc) is 2.37. The smallest absolute Gasteiger partial charge is 0.0221 e. The van der Waals surface area contributed by atoms with Crippen LogP contribution in [0.25, 0.3) is 0 Å². The molecule has 0 saturated carbocycles. The van der Waals surface area contributed by atoms with Crippen LogP contribution in [0, 0.1) is 0 Å². The standard InChI is InChI=1S/C14H32N4/c1-5-6-14(13-15-2)18-11-9-17(10-12-18)8-7-16(3)4/h14-15H,5-13H2,1-4H3. The molecule has 1 rings (SSSR count). The van der Waals surface area contributed by atoms with Crippen molar-refractivity contribution in [3.8, 4) is 0 Å². The second-order valence-electron chi connectivity index (χ2n) is 5.68. The lowest BCUT2D eigenvalue weighted by atomic mass is 10.1. The molecule has 1 saturated heterocycles. The van der Waals surface area contributed by atoms with Crippen LogP contribution in [0.1, 0.15) is 19.8 Å². The van der Waals surface area contributed by atoms with Crippen molar-refractivity contribution in [2.24, 2.45) is 0 Å². The van der Waals surface area contributed by atoms with Crippen molar-refractivity contribution in [1.29, 1.82) is 0 Å². The topological polar surface area (TPSA) is 21.8 Å². The van der Waals surface area contributed by atoms with Gasteiger partial charge in [-0.3, -0.25) is 9.80 Å². The zero-order valence-corrected chi connectivity index (χ0v) is 12.8. The lowest BCUT2D eigenvalue weighted by Crippen LogP contribution is -2.53. The quantitative estimate of drug-likeness (QED) is 0.685. The molecule has 0 aromatic carbocycles. The van der Waals surface area contributed by atoms with E-state index in [2.05, 4.69) is 48.1 Å². The summed E-state index contributed by atoms with van der Waals surface area (Å²) in [6, 6.07) is 0.732. The molecule has 4 heteroatoms. The van der Waals surface area contributed by atoms with Gasteiger partial charge in [-0.1, -0.05) is 13.3 Å².